The molecule has 0 spiro atoms. The van der Waals surface area contributed by atoms with Crippen LogP contribution in [0.1, 0.15) is 24.2 Å². The summed E-state index contributed by atoms with van der Waals surface area (Å²) in [5, 5.41) is 3.11. The fraction of sp³-hybridized carbons (Fsp3) is 0.588. The van der Waals surface area contributed by atoms with Crippen molar-refractivity contribution in [2.45, 2.75) is 24.3 Å². The number of carbonyl (C=O) groups excluding carboxylic acids is 1. The average molecular weight is 405 g/mol. The molecule has 0 unspecified atom stereocenters. The molecule has 9 heteroatoms. The lowest BCUT2D eigenvalue weighted by Crippen LogP contribution is -3.22. The molecule has 1 aliphatic rings. The molecule has 26 heavy (non-hydrogen) atoms. The van der Waals surface area contributed by atoms with E-state index >= 15 is 0 Å². The van der Waals surface area contributed by atoms with E-state index in [0.29, 0.717) is 19.8 Å². The van der Waals surface area contributed by atoms with Crippen LogP contribution in [0.15, 0.2) is 23.1 Å². The van der Waals surface area contributed by atoms with Gasteiger partial charge in [-0.15, -0.1) is 0 Å². The molecular formula is C17H27ClN3O4S+. The molecule has 2 rings (SSSR count). The van der Waals surface area contributed by atoms with E-state index in [1.54, 1.807) is 0 Å². The van der Waals surface area contributed by atoms with Crippen LogP contribution in [0, 0.1) is 0 Å². The second kappa shape index (κ2) is 8.22. The topological polar surface area (TPSA) is 80.2 Å². The zero-order chi connectivity index (χ0) is 19.5. The zero-order valence-corrected chi connectivity index (χ0v) is 17.2. The van der Waals surface area contributed by atoms with Gasteiger partial charge in [0.25, 0.3) is 5.91 Å². The summed E-state index contributed by atoms with van der Waals surface area (Å²) in [5.41, 5.74) is -0.0124. The summed E-state index contributed by atoms with van der Waals surface area (Å²) in [5.74, 6) is -0.383. The first-order chi connectivity index (χ1) is 12.1. The molecule has 146 valence electrons. The number of rotatable bonds is 6. The molecule has 0 bridgehead atoms. The molecule has 7 nitrogen and oxygen atoms in total. The van der Waals surface area contributed by atoms with Crippen molar-refractivity contribution in [2.75, 3.05) is 46.9 Å². The van der Waals surface area contributed by atoms with Gasteiger partial charge >= 0.3 is 0 Å². The summed E-state index contributed by atoms with van der Waals surface area (Å²) in [6.45, 7) is 7.82. The summed E-state index contributed by atoms with van der Waals surface area (Å²) in [6.07, 6.45) is 0. The third-order valence-corrected chi connectivity index (χ3v) is 6.85. The molecule has 0 radical (unpaired) electrons. The number of hydrogen-bond acceptors (Lipinski definition) is 4. The number of nitrogens with zero attached hydrogens (tertiary/aromatic N) is 1. The fourth-order valence-electron chi connectivity index (χ4n) is 2.87. The minimum absolute atomic E-state index is 0.0371. The van der Waals surface area contributed by atoms with Gasteiger partial charge in [-0.05, 0) is 32.0 Å². The van der Waals surface area contributed by atoms with Crippen molar-refractivity contribution in [3.63, 3.8) is 0 Å². The van der Waals surface area contributed by atoms with Crippen molar-refractivity contribution >= 4 is 27.5 Å². The Balaban J connectivity index is 2.14. The number of halogens is 1. The first-order valence-corrected chi connectivity index (χ1v) is 10.3. The van der Waals surface area contributed by atoms with Gasteiger partial charge in [0.1, 0.15) is 18.6 Å². The molecule has 0 saturated carbocycles. The molecule has 1 amide bonds. The molecule has 1 fully saturated rings. The van der Waals surface area contributed by atoms with Gasteiger partial charge in [0.2, 0.25) is 10.0 Å². The molecular weight excluding hydrogens is 378 g/mol. The maximum absolute atomic E-state index is 12.6. The number of quaternary nitrogens is 1. The maximum Gasteiger partial charge on any atom is 0.253 e. The monoisotopic (exact) mass is 404 g/mol. The van der Waals surface area contributed by atoms with E-state index in [0.717, 1.165) is 17.4 Å². The Kier molecular flexibility index (Phi) is 6.68. The highest BCUT2D eigenvalue weighted by Gasteiger charge is 2.33. The molecule has 2 N–H and O–H groups in total. The number of benzene rings is 1. The third kappa shape index (κ3) is 4.75. The zero-order valence-electron chi connectivity index (χ0n) is 15.6. The second-order valence-corrected chi connectivity index (χ2v) is 9.77. The molecule has 0 atom stereocenters. The lowest BCUT2D eigenvalue weighted by Gasteiger charge is -2.37. The number of amides is 1. The van der Waals surface area contributed by atoms with Crippen molar-refractivity contribution in [1.82, 2.24) is 9.62 Å². The SMILES string of the molecule is CN(C)S(=O)(=O)c1ccc(Cl)c(C(=O)NCC(C)(C)[NH+]2CCOCC2)c1. The van der Waals surface area contributed by atoms with Gasteiger partial charge in [0.15, 0.2) is 0 Å². The number of carbonyl (C=O) groups is 1. The van der Waals surface area contributed by atoms with E-state index in [4.69, 9.17) is 16.3 Å². The Labute approximate surface area is 160 Å². The highest BCUT2D eigenvalue weighted by atomic mass is 35.5. The largest absolute Gasteiger partial charge is 0.370 e. The summed E-state index contributed by atoms with van der Waals surface area (Å²) >= 11 is 6.13. The van der Waals surface area contributed by atoms with Gasteiger partial charge in [-0.2, -0.15) is 0 Å². The lowest BCUT2D eigenvalue weighted by molar-refractivity contribution is -0.954. The molecule has 1 saturated heterocycles. The summed E-state index contributed by atoms with van der Waals surface area (Å²) in [6, 6.07) is 4.16. The minimum atomic E-state index is -3.63. The van der Waals surface area contributed by atoms with E-state index in [1.165, 1.54) is 37.2 Å². The standard InChI is InChI=1S/C17H26ClN3O4S/c1-17(2,21-7-9-25-10-8-21)12-19-16(22)14-11-13(5-6-15(14)18)26(23,24)20(3)4/h5-6,11H,7-10,12H2,1-4H3,(H,19,22)/p+1. The van der Waals surface area contributed by atoms with Gasteiger partial charge < -0.3 is 15.0 Å². The Bertz CT molecular complexity index is 759. The number of sulfonamides is 1. The van der Waals surface area contributed by atoms with Crippen molar-refractivity contribution in [3.05, 3.63) is 28.8 Å². The highest BCUT2D eigenvalue weighted by Crippen LogP contribution is 2.22. The second-order valence-electron chi connectivity index (χ2n) is 7.21. The number of morpholine rings is 1. The predicted octanol–water partition coefficient (Wildman–Crippen LogP) is 0.0138. The first kappa shape index (κ1) is 21.1. The van der Waals surface area contributed by atoms with Crippen LogP contribution in [0.5, 0.6) is 0 Å². The van der Waals surface area contributed by atoms with Crippen LogP contribution in [-0.2, 0) is 14.8 Å². The molecule has 0 aromatic heterocycles. The normalized spacial score (nSPS) is 16.7. The average Bonchev–Trinajstić information content (AvgIpc) is 2.60. The summed E-state index contributed by atoms with van der Waals surface area (Å²) in [7, 11) is -0.750. The first-order valence-electron chi connectivity index (χ1n) is 8.49. The number of ether oxygens (including phenoxy) is 1. The van der Waals surface area contributed by atoms with Gasteiger partial charge in [-0.3, -0.25) is 4.79 Å². The Hall–Kier alpha value is -1.19. The third-order valence-electron chi connectivity index (χ3n) is 4.71. The van der Waals surface area contributed by atoms with E-state index in [1.807, 2.05) is 0 Å². The molecule has 1 aromatic rings. The molecule has 1 heterocycles. The molecule has 0 aliphatic carbocycles. The van der Waals surface area contributed by atoms with Gasteiger partial charge in [0, 0.05) is 14.1 Å². The quantitative estimate of drug-likeness (QED) is 0.700. The molecule has 1 aliphatic heterocycles. The van der Waals surface area contributed by atoms with Gasteiger partial charge in [0.05, 0.1) is 35.2 Å². The fourth-order valence-corrected chi connectivity index (χ4v) is 4.00. The van der Waals surface area contributed by atoms with Crippen molar-refractivity contribution < 1.29 is 22.8 Å². The van der Waals surface area contributed by atoms with E-state index in [9.17, 15) is 13.2 Å². The van der Waals surface area contributed by atoms with Crippen LogP contribution in [0.2, 0.25) is 5.02 Å². The van der Waals surface area contributed by atoms with Crippen LogP contribution in [-0.4, -0.2) is 71.1 Å². The van der Waals surface area contributed by atoms with Gasteiger partial charge in [-0.1, -0.05) is 11.6 Å². The predicted molar refractivity (Wildman–Crippen MR) is 100 cm³/mol. The summed E-state index contributed by atoms with van der Waals surface area (Å²) in [4.78, 5) is 14.0. The number of nitrogens with one attached hydrogen (secondary N) is 2. The Morgan fingerprint density at radius 1 is 1.31 bits per heavy atom. The van der Waals surface area contributed by atoms with E-state index < -0.39 is 10.0 Å². The maximum atomic E-state index is 12.6. The molecule has 1 aromatic carbocycles. The van der Waals surface area contributed by atoms with E-state index in [-0.39, 0.29) is 26.9 Å². The Morgan fingerprint density at radius 3 is 2.50 bits per heavy atom. The van der Waals surface area contributed by atoms with Crippen LogP contribution < -0.4 is 10.2 Å². The van der Waals surface area contributed by atoms with Crippen LogP contribution >= 0.6 is 11.6 Å². The van der Waals surface area contributed by atoms with Crippen molar-refractivity contribution in [3.8, 4) is 0 Å². The summed E-state index contributed by atoms with van der Waals surface area (Å²) < 4.78 is 31.0. The lowest BCUT2D eigenvalue weighted by atomic mass is 10.0. The van der Waals surface area contributed by atoms with Crippen molar-refractivity contribution in [1.29, 1.82) is 0 Å². The van der Waals surface area contributed by atoms with Crippen molar-refractivity contribution in [2.24, 2.45) is 0 Å². The highest BCUT2D eigenvalue weighted by molar-refractivity contribution is 7.89. The minimum Gasteiger partial charge on any atom is -0.370 e. The van der Waals surface area contributed by atoms with E-state index in [2.05, 4.69) is 19.2 Å². The Morgan fingerprint density at radius 2 is 1.92 bits per heavy atom. The van der Waals surface area contributed by atoms with Crippen LogP contribution in [0.25, 0.3) is 0 Å². The smallest absolute Gasteiger partial charge is 0.253 e. The van der Waals surface area contributed by atoms with Gasteiger partial charge in [-0.25, -0.2) is 12.7 Å². The number of hydrogen-bond donors (Lipinski definition) is 2. The van der Waals surface area contributed by atoms with Crippen LogP contribution in [0.4, 0.5) is 0 Å². The van der Waals surface area contributed by atoms with Crippen LogP contribution in [0.3, 0.4) is 0 Å².